The molecule has 0 aromatic rings. The van der Waals surface area contributed by atoms with Crippen LogP contribution in [0.1, 0.15) is 25.7 Å². The Morgan fingerprint density at radius 2 is 1.63 bits per heavy atom. The van der Waals surface area contributed by atoms with Crippen molar-refractivity contribution in [3.05, 3.63) is 59.1 Å². The van der Waals surface area contributed by atoms with Crippen molar-refractivity contribution in [3.8, 4) is 0 Å². The van der Waals surface area contributed by atoms with Gasteiger partial charge in [0.25, 0.3) is 0 Å². The van der Waals surface area contributed by atoms with Gasteiger partial charge in [-0.1, -0.05) is 18.2 Å². The maximum atomic E-state index is 12.3. The second kappa shape index (κ2) is 4.84. The zero-order chi connectivity index (χ0) is 13.2. The average Bonchev–Trinajstić information content (AvgIpc) is 2.46. The summed E-state index contributed by atoms with van der Waals surface area (Å²) in [6, 6.07) is 0. The molecule has 0 bridgehead atoms. The number of rotatable bonds is 2. The van der Waals surface area contributed by atoms with Crippen molar-refractivity contribution in [2.75, 3.05) is 0 Å². The van der Waals surface area contributed by atoms with E-state index in [-0.39, 0.29) is 17.3 Å². The Labute approximate surface area is 111 Å². The smallest absolute Gasteiger partial charge is 0.228 e. The first-order valence-corrected chi connectivity index (χ1v) is 6.51. The lowest BCUT2D eigenvalue weighted by molar-refractivity contribution is -0.118. The number of Topliss-reactive ketones (excluding diaryl/α,β-unsaturated/α-hetero) is 1. The molecular formula is C16H14O3. The van der Waals surface area contributed by atoms with E-state index < -0.39 is 0 Å². The van der Waals surface area contributed by atoms with E-state index in [1.165, 1.54) is 6.08 Å². The molecule has 3 rings (SSSR count). The molecule has 0 saturated heterocycles. The molecule has 0 radical (unpaired) electrons. The van der Waals surface area contributed by atoms with E-state index in [2.05, 4.69) is 0 Å². The van der Waals surface area contributed by atoms with Gasteiger partial charge >= 0.3 is 0 Å². The molecule has 19 heavy (non-hydrogen) atoms. The van der Waals surface area contributed by atoms with Crippen LogP contribution in [0.5, 0.6) is 0 Å². The Bertz CT molecular complexity index is 597. The van der Waals surface area contributed by atoms with Gasteiger partial charge in [0, 0.05) is 17.2 Å². The van der Waals surface area contributed by atoms with Crippen LogP contribution in [0.2, 0.25) is 0 Å². The first-order chi connectivity index (χ1) is 9.25. The molecule has 0 amide bonds. The summed E-state index contributed by atoms with van der Waals surface area (Å²) >= 11 is 0. The van der Waals surface area contributed by atoms with Crippen LogP contribution in [0.4, 0.5) is 0 Å². The van der Waals surface area contributed by atoms with Gasteiger partial charge in [-0.05, 0) is 37.8 Å². The minimum absolute atomic E-state index is 0.133. The lowest BCUT2D eigenvalue weighted by Gasteiger charge is -2.20. The lowest BCUT2D eigenvalue weighted by atomic mass is 9.86. The highest BCUT2D eigenvalue weighted by Gasteiger charge is 2.31. The summed E-state index contributed by atoms with van der Waals surface area (Å²) < 4.78 is 5.56. The maximum absolute atomic E-state index is 12.3. The van der Waals surface area contributed by atoms with E-state index in [4.69, 9.17) is 4.74 Å². The van der Waals surface area contributed by atoms with Crippen molar-refractivity contribution in [1.29, 1.82) is 0 Å². The van der Waals surface area contributed by atoms with Crippen LogP contribution in [-0.4, -0.2) is 11.6 Å². The number of fused-ring (bicyclic) bond motifs is 1. The van der Waals surface area contributed by atoms with Gasteiger partial charge in [0.2, 0.25) is 5.78 Å². The quantitative estimate of drug-likeness (QED) is 0.761. The van der Waals surface area contributed by atoms with Gasteiger partial charge in [-0.15, -0.1) is 0 Å². The maximum Gasteiger partial charge on any atom is 0.228 e. The number of carbonyl (C=O) groups is 2. The highest BCUT2D eigenvalue weighted by Crippen LogP contribution is 2.29. The van der Waals surface area contributed by atoms with Crippen LogP contribution >= 0.6 is 0 Å². The summed E-state index contributed by atoms with van der Waals surface area (Å²) in [6.45, 7) is 0. The Hall–Kier alpha value is -2.16. The van der Waals surface area contributed by atoms with E-state index in [9.17, 15) is 9.59 Å². The number of hydrogen-bond donors (Lipinski definition) is 0. The van der Waals surface area contributed by atoms with Crippen LogP contribution in [0.3, 0.4) is 0 Å². The molecule has 0 unspecified atom stereocenters. The average molecular weight is 254 g/mol. The molecule has 0 fully saturated rings. The predicted molar refractivity (Wildman–Crippen MR) is 71.0 cm³/mol. The Morgan fingerprint density at radius 1 is 0.895 bits per heavy atom. The van der Waals surface area contributed by atoms with Gasteiger partial charge in [0.05, 0.1) is 0 Å². The first kappa shape index (κ1) is 11.9. The van der Waals surface area contributed by atoms with E-state index in [0.29, 0.717) is 16.9 Å². The van der Waals surface area contributed by atoms with Gasteiger partial charge in [0.15, 0.2) is 11.5 Å². The normalized spacial score (nSPS) is 22.1. The molecule has 0 spiro atoms. The number of ketones is 2. The Morgan fingerprint density at radius 3 is 2.37 bits per heavy atom. The van der Waals surface area contributed by atoms with Crippen LogP contribution in [-0.2, 0) is 14.3 Å². The first-order valence-electron chi connectivity index (χ1n) is 6.51. The molecule has 0 aromatic carbocycles. The van der Waals surface area contributed by atoms with Gasteiger partial charge in [-0.2, -0.15) is 0 Å². The van der Waals surface area contributed by atoms with Crippen molar-refractivity contribution < 1.29 is 14.3 Å². The number of allylic oxidation sites excluding steroid dienone is 8. The van der Waals surface area contributed by atoms with Crippen LogP contribution < -0.4 is 0 Å². The van der Waals surface area contributed by atoms with Crippen molar-refractivity contribution >= 4 is 11.6 Å². The summed E-state index contributed by atoms with van der Waals surface area (Å²) in [5.74, 6) is 0.446. The SMILES string of the molecule is O=C1C=C(OC2=CCCC=C2)C(=O)C2=CCCC=C12. The topological polar surface area (TPSA) is 43.4 Å². The van der Waals surface area contributed by atoms with Gasteiger partial charge in [0.1, 0.15) is 5.76 Å². The number of ether oxygens (including phenoxy) is 1. The van der Waals surface area contributed by atoms with Crippen molar-refractivity contribution in [2.45, 2.75) is 25.7 Å². The molecule has 3 heteroatoms. The third kappa shape index (κ3) is 2.24. The van der Waals surface area contributed by atoms with Gasteiger partial charge < -0.3 is 4.74 Å². The van der Waals surface area contributed by atoms with E-state index in [1.54, 1.807) is 0 Å². The van der Waals surface area contributed by atoms with E-state index in [0.717, 1.165) is 25.7 Å². The Balaban J connectivity index is 1.90. The van der Waals surface area contributed by atoms with Gasteiger partial charge in [-0.25, -0.2) is 0 Å². The second-order valence-corrected chi connectivity index (χ2v) is 4.70. The standard InChI is InChI=1S/C16H14O3/c17-14-10-15(19-11-6-2-1-3-7-11)16(18)13-9-5-4-8-12(13)14/h2,6-10H,1,3-5H2. The van der Waals surface area contributed by atoms with Crippen LogP contribution in [0.15, 0.2) is 59.1 Å². The fourth-order valence-corrected chi connectivity index (χ4v) is 2.39. The van der Waals surface area contributed by atoms with Crippen LogP contribution in [0, 0.1) is 0 Å². The highest BCUT2D eigenvalue weighted by atomic mass is 16.5. The zero-order valence-electron chi connectivity index (χ0n) is 10.5. The minimum Gasteiger partial charge on any atom is -0.453 e. The van der Waals surface area contributed by atoms with Crippen molar-refractivity contribution in [1.82, 2.24) is 0 Å². The van der Waals surface area contributed by atoms with Crippen LogP contribution in [0.25, 0.3) is 0 Å². The van der Waals surface area contributed by atoms with Crippen molar-refractivity contribution in [2.24, 2.45) is 0 Å². The predicted octanol–water partition coefficient (Wildman–Crippen LogP) is 2.92. The number of carbonyl (C=O) groups excluding carboxylic acids is 2. The van der Waals surface area contributed by atoms with Crippen molar-refractivity contribution in [3.63, 3.8) is 0 Å². The molecule has 96 valence electrons. The minimum atomic E-state index is -0.189. The molecule has 3 nitrogen and oxygen atoms in total. The molecule has 0 aromatic heterocycles. The number of hydrogen-bond acceptors (Lipinski definition) is 3. The second-order valence-electron chi connectivity index (χ2n) is 4.70. The summed E-state index contributed by atoms with van der Waals surface area (Å²) in [4.78, 5) is 24.2. The highest BCUT2D eigenvalue weighted by molar-refractivity contribution is 6.26. The summed E-state index contributed by atoms with van der Waals surface area (Å²) in [5, 5.41) is 0. The molecule has 0 atom stereocenters. The monoisotopic (exact) mass is 254 g/mol. The summed E-state index contributed by atoms with van der Waals surface area (Å²) in [6.07, 6.45) is 14.2. The van der Waals surface area contributed by atoms with E-state index >= 15 is 0 Å². The molecule has 0 N–H and O–H groups in total. The van der Waals surface area contributed by atoms with Gasteiger partial charge in [-0.3, -0.25) is 9.59 Å². The molecule has 0 aliphatic heterocycles. The third-order valence-electron chi connectivity index (χ3n) is 3.34. The molecule has 3 aliphatic rings. The third-order valence-corrected chi connectivity index (χ3v) is 3.34. The Kier molecular flexibility index (Phi) is 3.03. The largest absolute Gasteiger partial charge is 0.453 e. The fraction of sp³-hybridized carbons (Fsp3) is 0.250. The molecule has 3 aliphatic carbocycles. The molecule has 0 heterocycles. The fourth-order valence-electron chi connectivity index (χ4n) is 2.39. The summed E-state index contributed by atoms with van der Waals surface area (Å²) in [7, 11) is 0. The lowest BCUT2D eigenvalue weighted by Crippen LogP contribution is -2.22. The summed E-state index contributed by atoms with van der Waals surface area (Å²) in [5.41, 5.74) is 1.02. The van der Waals surface area contributed by atoms with E-state index in [1.807, 2.05) is 30.4 Å². The zero-order valence-corrected chi connectivity index (χ0v) is 10.5. The molecular weight excluding hydrogens is 240 g/mol. The molecule has 0 saturated carbocycles.